The molecule has 4 rings (SSSR count). The minimum Gasteiger partial charge on any atom is -0.494 e. The summed E-state index contributed by atoms with van der Waals surface area (Å²) in [6, 6.07) is 5.76. The predicted molar refractivity (Wildman–Crippen MR) is 140 cm³/mol. The lowest BCUT2D eigenvalue weighted by Gasteiger charge is -2.33. The number of piperidine rings is 1. The Bertz CT molecular complexity index is 1020. The molecule has 0 spiro atoms. The van der Waals surface area contributed by atoms with E-state index in [0.717, 1.165) is 67.9 Å². The van der Waals surface area contributed by atoms with Crippen LogP contribution in [0, 0.1) is 18.8 Å². The summed E-state index contributed by atoms with van der Waals surface area (Å²) in [5.74, 6) is 2.97. The molecular weight excluding hydrogens is 456 g/mol. The van der Waals surface area contributed by atoms with Gasteiger partial charge in [0.1, 0.15) is 11.8 Å². The molecule has 1 aromatic heterocycles. The number of amides is 1. The molecule has 0 aliphatic carbocycles. The van der Waals surface area contributed by atoms with Crippen molar-refractivity contribution in [2.45, 2.75) is 77.9 Å². The largest absolute Gasteiger partial charge is 0.494 e. The Hall–Kier alpha value is -2.65. The Morgan fingerprint density at radius 1 is 1.19 bits per heavy atom. The second-order valence-corrected chi connectivity index (χ2v) is 10.8. The first kappa shape index (κ1) is 26.4. The van der Waals surface area contributed by atoms with E-state index in [-0.39, 0.29) is 18.0 Å². The first-order valence-electron chi connectivity index (χ1n) is 13.4. The van der Waals surface area contributed by atoms with E-state index in [4.69, 9.17) is 20.7 Å². The van der Waals surface area contributed by atoms with Gasteiger partial charge < -0.3 is 30.5 Å². The van der Waals surface area contributed by atoms with Crippen LogP contribution in [0.2, 0.25) is 0 Å². The second-order valence-electron chi connectivity index (χ2n) is 10.8. The molecule has 2 aromatic rings. The number of likely N-dealkylation sites (tertiary alicyclic amines) is 1. The van der Waals surface area contributed by atoms with E-state index in [1.165, 1.54) is 0 Å². The Balaban J connectivity index is 1.22. The lowest BCUT2D eigenvalue weighted by molar-refractivity contribution is -0.133. The number of carbonyl (C=O) groups is 1. The number of hydrogen-bond donors (Lipinski definition) is 2. The molecule has 1 amide bonds. The smallest absolute Gasteiger partial charge is 0.324 e. The van der Waals surface area contributed by atoms with Gasteiger partial charge >= 0.3 is 6.01 Å². The first-order valence-corrected chi connectivity index (χ1v) is 13.4. The molecular formula is C27H42N6O3. The fourth-order valence-corrected chi connectivity index (χ4v) is 5.31. The first-order chi connectivity index (χ1) is 17.2. The third-order valence-electron chi connectivity index (χ3n) is 7.83. The molecule has 0 radical (unpaired) electrons. The molecule has 0 bridgehead atoms. The normalized spacial score (nSPS) is 20.7. The molecule has 198 valence electrons. The summed E-state index contributed by atoms with van der Waals surface area (Å²) in [7, 11) is 0. The Morgan fingerprint density at radius 2 is 1.94 bits per heavy atom. The minimum absolute atomic E-state index is 0.101. The van der Waals surface area contributed by atoms with E-state index in [0.29, 0.717) is 31.0 Å². The molecule has 2 aliphatic heterocycles. The van der Waals surface area contributed by atoms with Crippen LogP contribution in [0.5, 0.6) is 5.75 Å². The van der Waals surface area contributed by atoms with Gasteiger partial charge in [0.2, 0.25) is 5.91 Å². The summed E-state index contributed by atoms with van der Waals surface area (Å²) < 4.78 is 11.5. The van der Waals surface area contributed by atoms with Gasteiger partial charge in [-0.15, -0.1) is 0 Å². The third-order valence-corrected chi connectivity index (χ3v) is 7.83. The lowest BCUT2D eigenvalue weighted by Crippen LogP contribution is -2.45. The van der Waals surface area contributed by atoms with Gasteiger partial charge in [-0.1, -0.05) is 32.0 Å². The number of aromatic nitrogens is 2. The third kappa shape index (κ3) is 6.00. The molecule has 2 fully saturated rings. The number of nitrogens with two attached hydrogens (primary N) is 2. The lowest BCUT2D eigenvalue weighted by atomic mass is 9.84. The topological polar surface area (TPSA) is 124 Å². The number of benzene rings is 1. The van der Waals surface area contributed by atoms with Gasteiger partial charge in [-0.05, 0) is 74.1 Å². The van der Waals surface area contributed by atoms with Crippen molar-refractivity contribution < 1.29 is 14.1 Å². The zero-order valence-electron chi connectivity index (χ0n) is 22.2. The van der Waals surface area contributed by atoms with Crippen molar-refractivity contribution in [3.8, 4) is 5.75 Å². The molecule has 2 saturated heterocycles. The van der Waals surface area contributed by atoms with E-state index in [9.17, 15) is 4.79 Å². The van der Waals surface area contributed by atoms with Crippen molar-refractivity contribution in [3.63, 3.8) is 0 Å². The van der Waals surface area contributed by atoms with Crippen LogP contribution >= 0.6 is 0 Å². The van der Waals surface area contributed by atoms with E-state index in [2.05, 4.69) is 35.8 Å². The monoisotopic (exact) mass is 498 g/mol. The van der Waals surface area contributed by atoms with Crippen LogP contribution in [-0.2, 0) is 4.79 Å². The summed E-state index contributed by atoms with van der Waals surface area (Å²) in [4.78, 5) is 21.2. The van der Waals surface area contributed by atoms with Gasteiger partial charge in [0.25, 0.3) is 0 Å². The standard InChI is InChI=1S/C27H42N6O3/c1-17(2)25-30-27(36-31-25)32-13-9-20(10-14-32)18(3)11-15-35-21-7-8-22(19(4)16-21)24(29)26(34)33-12-5-6-23(33)28/h7-8,16-18,20,23-24H,5-6,9-15,28-29H2,1-4H3/t18-,23+,24+/m1/s1. The van der Waals surface area contributed by atoms with Crippen molar-refractivity contribution >= 4 is 11.9 Å². The summed E-state index contributed by atoms with van der Waals surface area (Å²) in [5.41, 5.74) is 14.2. The van der Waals surface area contributed by atoms with Crippen LogP contribution in [0.1, 0.15) is 81.8 Å². The number of ether oxygens (including phenoxy) is 1. The quantitative estimate of drug-likeness (QED) is 0.536. The predicted octanol–water partition coefficient (Wildman–Crippen LogP) is 3.73. The van der Waals surface area contributed by atoms with Crippen molar-refractivity contribution in [1.29, 1.82) is 0 Å². The minimum atomic E-state index is -0.696. The molecule has 2 aliphatic rings. The molecule has 9 nitrogen and oxygen atoms in total. The Labute approximate surface area is 214 Å². The van der Waals surface area contributed by atoms with Gasteiger partial charge in [0.15, 0.2) is 5.82 Å². The van der Waals surface area contributed by atoms with Gasteiger partial charge in [0.05, 0.1) is 12.8 Å². The summed E-state index contributed by atoms with van der Waals surface area (Å²) in [6.45, 7) is 11.7. The number of nitrogens with zero attached hydrogens (tertiary/aromatic N) is 4. The fraction of sp³-hybridized carbons (Fsp3) is 0.667. The maximum Gasteiger partial charge on any atom is 0.324 e. The van der Waals surface area contributed by atoms with Crippen molar-refractivity contribution in [3.05, 3.63) is 35.2 Å². The molecule has 0 unspecified atom stereocenters. The SMILES string of the molecule is Cc1cc(OCC[C@@H](C)C2CCN(c3nc(C(C)C)no3)CC2)ccc1[C@H](N)C(=O)N1CCC[C@H]1N. The van der Waals surface area contributed by atoms with Crippen LogP contribution in [0.4, 0.5) is 6.01 Å². The molecule has 36 heavy (non-hydrogen) atoms. The number of carbonyl (C=O) groups excluding carboxylic acids is 1. The molecule has 3 atom stereocenters. The van der Waals surface area contributed by atoms with Gasteiger partial charge in [-0.25, -0.2) is 0 Å². The highest BCUT2D eigenvalue weighted by atomic mass is 16.5. The van der Waals surface area contributed by atoms with E-state index < -0.39 is 6.04 Å². The Morgan fingerprint density at radius 3 is 2.56 bits per heavy atom. The summed E-state index contributed by atoms with van der Waals surface area (Å²) >= 11 is 0. The van der Waals surface area contributed by atoms with Gasteiger partial charge in [-0.2, -0.15) is 4.98 Å². The van der Waals surface area contributed by atoms with E-state index in [1.54, 1.807) is 4.90 Å². The zero-order valence-corrected chi connectivity index (χ0v) is 22.2. The summed E-state index contributed by atoms with van der Waals surface area (Å²) in [6.07, 6.45) is 4.76. The highest BCUT2D eigenvalue weighted by Gasteiger charge is 2.31. The fourth-order valence-electron chi connectivity index (χ4n) is 5.31. The number of aryl methyl sites for hydroxylation is 1. The zero-order chi connectivity index (χ0) is 25.8. The van der Waals surface area contributed by atoms with Crippen LogP contribution in [0.25, 0.3) is 0 Å². The number of rotatable bonds is 9. The second kappa shape index (κ2) is 11.6. The molecule has 0 saturated carbocycles. The molecule has 3 heterocycles. The van der Waals surface area contributed by atoms with E-state index in [1.807, 2.05) is 25.1 Å². The van der Waals surface area contributed by atoms with Gasteiger partial charge in [0, 0.05) is 25.6 Å². The highest BCUT2D eigenvalue weighted by Crippen LogP contribution is 2.30. The summed E-state index contributed by atoms with van der Waals surface area (Å²) in [5, 5.41) is 4.09. The number of anilines is 1. The maximum absolute atomic E-state index is 12.8. The van der Waals surface area contributed by atoms with Gasteiger partial charge in [-0.3, -0.25) is 4.79 Å². The average molecular weight is 499 g/mol. The van der Waals surface area contributed by atoms with Crippen LogP contribution in [-0.4, -0.2) is 53.4 Å². The van der Waals surface area contributed by atoms with Crippen molar-refractivity contribution in [1.82, 2.24) is 15.0 Å². The van der Waals surface area contributed by atoms with Crippen LogP contribution in [0.15, 0.2) is 22.7 Å². The Kier molecular flexibility index (Phi) is 8.51. The van der Waals surface area contributed by atoms with E-state index >= 15 is 0 Å². The molecule has 1 aromatic carbocycles. The average Bonchev–Trinajstić information content (AvgIpc) is 3.53. The van der Waals surface area contributed by atoms with Crippen LogP contribution in [0.3, 0.4) is 0 Å². The maximum atomic E-state index is 12.8. The van der Waals surface area contributed by atoms with Crippen molar-refractivity contribution in [2.24, 2.45) is 23.3 Å². The highest BCUT2D eigenvalue weighted by molar-refractivity contribution is 5.84. The van der Waals surface area contributed by atoms with Crippen molar-refractivity contribution in [2.75, 3.05) is 31.1 Å². The molecule has 9 heteroatoms. The van der Waals surface area contributed by atoms with Crippen LogP contribution < -0.4 is 21.1 Å². The molecule has 4 N–H and O–H groups in total. The number of hydrogen-bond acceptors (Lipinski definition) is 8.